The lowest BCUT2D eigenvalue weighted by Crippen LogP contribution is -2.33. The maximum absolute atomic E-state index is 13.0. The number of ether oxygens (including phenoxy) is 1. The lowest BCUT2D eigenvalue weighted by atomic mass is 10.1. The summed E-state index contributed by atoms with van der Waals surface area (Å²) in [5.74, 6) is -0.738. The van der Waals surface area contributed by atoms with Gasteiger partial charge < -0.3 is 10.5 Å². The Labute approximate surface area is 168 Å². The second-order valence-corrected chi connectivity index (χ2v) is 8.82. The third-order valence-electron chi connectivity index (χ3n) is 4.39. The fourth-order valence-electron chi connectivity index (χ4n) is 2.92. The molecule has 2 aromatic rings. The molecule has 1 heterocycles. The van der Waals surface area contributed by atoms with Gasteiger partial charge >= 0.3 is 0 Å². The number of carbonyl (C=O) groups is 1. The van der Waals surface area contributed by atoms with Crippen LogP contribution in [0.1, 0.15) is 35.2 Å². The summed E-state index contributed by atoms with van der Waals surface area (Å²) in [6, 6.07) is 9.05. The number of anilines is 1. The third kappa shape index (κ3) is 4.30. The number of nitrogen functional groups attached to an aromatic ring is 1. The van der Waals surface area contributed by atoms with Crippen molar-refractivity contribution < 1.29 is 22.8 Å². The highest BCUT2D eigenvalue weighted by atomic mass is 35.5. The minimum Gasteiger partial charge on any atom is -0.397 e. The topological polar surface area (TPSA) is 108 Å². The van der Waals surface area contributed by atoms with Gasteiger partial charge in [-0.3, -0.25) is 4.79 Å². The Bertz CT molecular complexity index is 988. The summed E-state index contributed by atoms with van der Waals surface area (Å²) >= 11 is 6.12. The van der Waals surface area contributed by atoms with Crippen LogP contribution in [0.4, 0.5) is 5.69 Å². The number of carbonyl (C=O) groups excluding carboxylic acids is 1. The minimum atomic E-state index is -3.93. The maximum atomic E-state index is 13.0. The van der Waals surface area contributed by atoms with Gasteiger partial charge in [0.2, 0.25) is 9.84 Å². The lowest BCUT2D eigenvalue weighted by Gasteiger charge is -2.22. The average Bonchev–Trinajstić information content (AvgIpc) is 2.67. The number of nitrogens with one attached hydrogen (secondary N) is 1. The highest BCUT2D eigenvalue weighted by molar-refractivity contribution is 7.91. The maximum Gasteiger partial charge on any atom is 0.278 e. The van der Waals surface area contributed by atoms with E-state index >= 15 is 0 Å². The summed E-state index contributed by atoms with van der Waals surface area (Å²) in [6.45, 7) is 2.33. The van der Waals surface area contributed by atoms with E-state index in [1.807, 2.05) is 0 Å². The Morgan fingerprint density at radius 1 is 1.29 bits per heavy atom. The van der Waals surface area contributed by atoms with Crippen LogP contribution in [0.5, 0.6) is 0 Å². The quantitative estimate of drug-likeness (QED) is 0.563. The monoisotopic (exact) mass is 424 g/mol. The molecule has 3 N–H and O–H groups in total. The molecule has 3 rings (SSSR count). The van der Waals surface area contributed by atoms with Gasteiger partial charge in [0.05, 0.1) is 26.1 Å². The predicted octanol–water partition coefficient (Wildman–Crippen LogP) is 3.25. The fraction of sp³-hybridized carbons (Fsp3) is 0.316. The van der Waals surface area contributed by atoms with Gasteiger partial charge in [0.1, 0.15) is 0 Å². The number of benzene rings is 2. The molecule has 0 bridgehead atoms. The van der Waals surface area contributed by atoms with Crippen LogP contribution >= 0.6 is 11.6 Å². The van der Waals surface area contributed by atoms with Crippen molar-refractivity contribution in [2.75, 3.05) is 12.3 Å². The summed E-state index contributed by atoms with van der Waals surface area (Å²) in [5.41, 5.74) is 8.69. The number of sulfone groups is 1. The van der Waals surface area contributed by atoms with Crippen LogP contribution in [0.15, 0.2) is 46.2 Å². The standard InChI is InChI=1S/C19H21ClN2O5S/c1-12-5-4-6-13(11-12)28(24,25)15-9-8-14(20)17(18(15)21)19(23)22-27-16-7-2-3-10-26-16/h4-6,8-9,11,16H,2-3,7,10,21H2,1H3,(H,22,23). The van der Waals surface area contributed by atoms with E-state index in [-0.39, 0.29) is 26.1 Å². The number of amides is 1. The third-order valence-corrected chi connectivity index (χ3v) is 6.52. The summed E-state index contributed by atoms with van der Waals surface area (Å²) < 4.78 is 31.4. The van der Waals surface area contributed by atoms with Crippen molar-refractivity contribution >= 4 is 33.0 Å². The first-order chi connectivity index (χ1) is 13.3. The Morgan fingerprint density at radius 2 is 2.07 bits per heavy atom. The van der Waals surface area contributed by atoms with E-state index in [2.05, 4.69) is 5.48 Å². The highest BCUT2D eigenvalue weighted by Crippen LogP contribution is 2.33. The molecule has 1 atom stereocenters. The van der Waals surface area contributed by atoms with Gasteiger partial charge in [-0.15, -0.1) is 0 Å². The number of halogens is 1. The van der Waals surface area contributed by atoms with E-state index < -0.39 is 22.0 Å². The molecule has 1 saturated heterocycles. The van der Waals surface area contributed by atoms with Crippen LogP contribution < -0.4 is 11.2 Å². The summed E-state index contributed by atoms with van der Waals surface area (Å²) in [7, 11) is -3.93. The van der Waals surface area contributed by atoms with Crippen LogP contribution in [-0.2, 0) is 19.4 Å². The van der Waals surface area contributed by atoms with Gasteiger partial charge in [0.25, 0.3) is 5.91 Å². The van der Waals surface area contributed by atoms with E-state index in [1.54, 1.807) is 19.1 Å². The first-order valence-corrected chi connectivity index (χ1v) is 10.6. The Hall–Kier alpha value is -2.13. The van der Waals surface area contributed by atoms with Crippen LogP contribution in [0.25, 0.3) is 0 Å². The van der Waals surface area contributed by atoms with E-state index in [0.29, 0.717) is 13.0 Å². The second kappa shape index (κ2) is 8.48. The summed E-state index contributed by atoms with van der Waals surface area (Å²) in [5, 5.41) is 0.0198. The molecule has 1 amide bonds. The predicted molar refractivity (Wildman–Crippen MR) is 105 cm³/mol. The number of hydroxylamine groups is 1. The van der Waals surface area contributed by atoms with E-state index in [9.17, 15) is 13.2 Å². The molecule has 0 saturated carbocycles. The van der Waals surface area contributed by atoms with Crippen molar-refractivity contribution in [3.8, 4) is 0 Å². The highest BCUT2D eigenvalue weighted by Gasteiger charge is 2.27. The zero-order valence-corrected chi connectivity index (χ0v) is 16.8. The second-order valence-electron chi connectivity index (χ2n) is 6.50. The molecular formula is C19H21ClN2O5S. The normalized spacial score (nSPS) is 17.3. The Morgan fingerprint density at radius 3 is 2.75 bits per heavy atom. The molecule has 7 nitrogen and oxygen atoms in total. The van der Waals surface area contributed by atoms with Crippen molar-refractivity contribution in [1.82, 2.24) is 5.48 Å². The Balaban J connectivity index is 1.90. The SMILES string of the molecule is Cc1cccc(S(=O)(=O)c2ccc(Cl)c(C(=O)NOC3CCCCO3)c2N)c1. The zero-order chi connectivity index (χ0) is 20.3. The fourth-order valence-corrected chi connectivity index (χ4v) is 4.66. The molecule has 28 heavy (non-hydrogen) atoms. The van der Waals surface area contributed by atoms with E-state index in [4.69, 9.17) is 26.9 Å². The zero-order valence-electron chi connectivity index (χ0n) is 15.3. The first kappa shape index (κ1) is 20.6. The van der Waals surface area contributed by atoms with Gasteiger partial charge in [-0.25, -0.2) is 18.7 Å². The molecule has 0 radical (unpaired) electrons. The number of rotatable bonds is 5. The van der Waals surface area contributed by atoms with Crippen molar-refractivity contribution in [2.45, 2.75) is 42.3 Å². The Kier molecular flexibility index (Phi) is 6.24. The largest absolute Gasteiger partial charge is 0.397 e. The molecule has 1 fully saturated rings. The number of nitrogens with two attached hydrogens (primary N) is 1. The van der Waals surface area contributed by atoms with Gasteiger partial charge in [-0.1, -0.05) is 23.7 Å². The van der Waals surface area contributed by atoms with Gasteiger partial charge in [-0.2, -0.15) is 0 Å². The minimum absolute atomic E-state index is 0.0198. The molecule has 1 aliphatic rings. The van der Waals surface area contributed by atoms with E-state index in [1.165, 1.54) is 24.3 Å². The number of hydrogen-bond donors (Lipinski definition) is 2. The molecule has 2 aromatic carbocycles. The molecule has 1 aliphatic heterocycles. The van der Waals surface area contributed by atoms with Gasteiger partial charge in [0.15, 0.2) is 6.29 Å². The van der Waals surface area contributed by atoms with E-state index in [0.717, 1.165) is 18.4 Å². The molecule has 9 heteroatoms. The van der Waals surface area contributed by atoms with Crippen LogP contribution in [0.2, 0.25) is 5.02 Å². The molecule has 0 spiro atoms. The van der Waals surface area contributed by atoms with Crippen molar-refractivity contribution in [2.24, 2.45) is 0 Å². The van der Waals surface area contributed by atoms with Crippen LogP contribution in [0.3, 0.4) is 0 Å². The molecule has 0 aromatic heterocycles. The van der Waals surface area contributed by atoms with Crippen LogP contribution in [0, 0.1) is 6.92 Å². The first-order valence-electron chi connectivity index (χ1n) is 8.78. The average molecular weight is 425 g/mol. The molecule has 1 unspecified atom stereocenters. The van der Waals surface area contributed by atoms with Gasteiger partial charge in [0, 0.05) is 13.0 Å². The van der Waals surface area contributed by atoms with Gasteiger partial charge in [-0.05, 0) is 49.6 Å². The van der Waals surface area contributed by atoms with Crippen molar-refractivity contribution in [3.63, 3.8) is 0 Å². The molecule has 150 valence electrons. The molecule has 0 aliphatic carbocycles. The smallest absolute Gasteiger partial charge is 0.278 e. The van der Waals surface area contributed by atoms with Crippen molar-refractivity contribution in [1.29, 1.82) is 0 Å². The summed E-state index contributed by atoms with van der Waals surface area (Å²) in [6.07, 6.45) is 1.95. The van der Waals surface area contributed by atoms with Crippen molar-refractivity contribution in [3.05, 3.63) is 52.5 Å². The lowest BCUT2D eigenvalue weighted by molar-refractivity contribution is -0.186. The summed E-state index contributed by atoms with van der Waals surface area (Å²) in [4.78, 5) is 17.7. The molecular weight excluding hydrogens is 404 g/mol. The van der Waals surface area contributed by atoms with Crippen LogP contribution in [-0.4, -0.2) is 27.2 Å². The number of aryl methyl sites for hydroxylation is 1. The number of hydrogen-bond acceptors (Lipinski definition) is 6.